The minimum atomic E-state index is 0.261. The number of morpholine rings is 1. The van der Waals surface area contributed by atoms with Crippen LogP contribution in [0.1, 0.15) is 50.1 Å². The number of hydrogen-bond acceptors (Lipinski definition) is 4. The average Bonchev–Trinajstić information content (AvgIpc) is 2.86. The molecule has 146 valence electrons. The first-order valence-corrected chi connectivity index (χ1v) is 10.0. The second kappa shape index (κ2) is 8.09. The number of likely N-dealkylation sites (tertiary alicyclic amines) is 1. The van der Waals surface area contributed by atoms with Gasteiger partial charge in [-0.2, -0.15) is 5.10 Å². The lowest BCUT2D eigenvalue weighted by atomic mass is 10.0. The Morgan fingerprint density at radius 3 is 2.27 bits per heavy atom. The molecule has 0 radical (unpaired) electrons. The summed E-state index contributed by atoms with van der Waals surface area (Å²) in [5, 5.41) is 4.54. The molecular weight excluding hydrogens is 328 g/mol. The fraction of sp³-hybridized carbons (Fsp3) is 0.800. The van der Waals surface area contributed by atoms with Gasteiger partial charge in [0.15, 0.2) is 0 Å². The van der Waals surface area contributed by atoms with E-state index in [1.54, 1.807) is 0 Å². The molecule has 0 bridgehead atoms. The molecule has 2 aliphatic heterocycles. The Labute approximate surface area is 157 Å². The molecule has 0 N–H and O–H groups in total. The van der Waals surface area contributed by atoms with Crippen molar-refractivity contribution in [2.75, 3.05) is 26.2 Å². The Morgan fingerprint density at radius 1 is 1.12 bits per heavy atom. The van der Waals surface area contributed by atoms with Gasteiger partial charge in [0.25, 0.3) is 0 Å². The monoisotopic (exact) mass is 362 g/mol. The maximum absolute atomic E-state index is 12.6. The van der Waals surface area contributed by atoms with Gasteiger partial charge in [-0.15, -0.1) is 0 Å². The third-order valence-corrected chi connectivity index (χ3v) is 6.06. The van der Waals surface area contributed by atoms with E-state index >= 15 is 0 Å². The van der Waals surface area contributed by atoms with Crippen molar-refractivity contribution < 1.29 is 9.53 Å². The van der Waals surface area contributed by atoms with Gasteiger partial charge in [-0.05, 0) is 53.0 Å². The van der Waals surface area contributed by atoms with Crippen LogP contribution >= 0.6 is 0 Å². The number of nitrogens with zero attached hydrogens (tertiary/aromatic N) is 4. The number of carbonyl (C=O) groups is 1. The highest BCUT2D eigenvalue weighted by molar-refractivity contribution is 5.76. The minimum absolute atomic E-state index is 0.261. The Balaban J connectivity index is 1.47. The van der Waals surface area contributed by atoms with Gasteiger partial charge in [0.2, 0.25) is 5.91 Å². The van der Waals surface area contributed by atoms with Crippen molar-refractivity contribution in [2.24, 2.45) is 0 Å². The number of amides is 1. The highest BCUT2D eigenvalue weighted by Gasteiger charge is 2.31. The zero-order chi connectivity index (χ0) is 18.8. The van der Waals surface area contributed by atoms with Crippen molar-refractivity contribution in [1.29, 1.82) is 0 Å². The van der Waals surface area contributed by atoms with E-state index in [9.17, 15) is 4.79 Å². The number of hydrogen-bond donors (Lipinski definition) is 0. The van der Waals surface area contributed by atoms with E-state index in [4.69, 9.17) is 4.74 Å². The number of ether oxygens (including phenoxy) is 1. The van der Waals surface area contributed by atoms with Crippen molar-refractivity contribution >= 4 is 5.91 Å². The maximum Gasteiger partial charge on any atom is 0.224 e. The zero-order valence-corrected chi connectivity index (χ0v) is 17.0. The summed E-state index contributed by atoms with van der Waals surface area (Å²) < 4.78 is 7.82. The van der Waals surface area contributed by atoms with Gasteiger partial charge in [-0.3, -0.25) is 14.4 Å². The Morgan fingerprint density at radius 2 is 1.73 bits per heavy atom. The molecule has 2 fully saturated rings. The summed E-state index contributed by atoms with van der Waals surface area (Å²) in [6.07, 6.45) is 3.30. The lowest BCUT2D eigenvalue weighted by Gasteiger charge is -2.43. The molecule has 0 spiro atoms. The predicted molar refractivity (Wildman–Crippen MR) is 102 cm³/mol. The van der Waals surface area contributed by atoms with Crippen molar-refractivity contribution in [2.45, 2.75) is 78.7 Å². The Hall–Kier alpha value is -1.40. The molecule has 2 aliphatic rings. The summed E-state index contributed by atoms with van der Waals surface area (Å²) in [5.74, 6) is 0.261. The maximum atomic E-state index is 12.6. The number of aryl methyl sites for hydroxylation is 2. The fourth-order valence-corrected chi connectivity index (χ4v) is 4.36. The second-order valence-corrected chi connectivity index (χ2v) is 8.09. The molecule has 2 atom stereocenters. The van der Waals surface area contributed by atoms with Gasteiger partial charge >= 0.3 is 0 Å². The molecule has 6 nitrogen and oxygen atoms in total. The number of piperidine rings is 1. The summed E-state index contributed by atoms with van der Waals surface area (Å²) in [5.41, 5.74) is 3.46. The summed E-state index contributed by atoms with van der Waals surface area (Å²) >= 11 is 0. The molecule has 2 saturated heterocycles. The van der Waals surface area contributed by atoms with Crippen LogP contribution in [0.4, 0.5) is 0 Å². The number of rotatable bonds is 4. The van der Waals surface area contributed by atoms with Gasteiger partial charge in [0.05, 0.1) is 17.9 Å². The quantitative estimate of drug-likeness (QED) is 0.825. The van der Waals surface area contributed by atoms with Crippen LogP contribution in [-0.2, 0) is 16.1 Å². The van der Waals surface area contributed by atoms with Crippen molar-refractivity contribution in [3.8, 4) is 0 Å². The topological polar surface area (TPSA) is 50.6 Å². The molecule has 26 heavy (non-hydrogen) atoms. The summed E-state index contributed by atoms with van der Waals surface area (Å²) in [6.45, 7) is 15.0. The molecule has 3 heterocycles. The first-order chi connectivity index (χ1) is 12.3. The normalized spacial score (nSPS) is 25.7. The zero-order valence-electron chi connectivity index (χ0n) is 17.0. The van der Waals surface area contributed by atoms with Crippen LogP contribution in [-0.4, -0.2) is 69.9 Å². The summed E-state index contributed by atoms with van der Waals surface area (Å²) in [7, 11) is 0. The Kier molecular flexibility index (Phi) is 6.03. The van der Waals surface area contributed by atoms with Crippen LogP contribution in [0.5, 0.6) is 0 Å². The largest absolute Gasteiger partial charge is 0.373 e. The van der Waals surface area contributed by atoms with E-state index < -0.39 is 0 Å². The van der Waals surface area contributed by atoms with E-state index in [-0.39, 0.29) is 5.91 Å². The molecule has 1 amide bonds. The number of carbonyl (C=O) groups excluding carboxylic acids is 1. The average molecular weight is 363 g/mol. The molecule has 6 heteroatoms. The lowest BCUT2D eigenvalue weighted by Crippen LogP contribution is -2.53. The van der Waals surface area contributed by atoms with E-state index in [2.05, 4.69) is 37.7 Å². The van der Waals surface area contributed by atoms with Crippen LogP contribution in [0.15, 0.2) is 0 Å². The lowest BCUT2D eigenvalue weighted by molar-refractivity contribution is -0.134. The first-order valence-electron chi connectivity index (χ1n) is 10.0. The highest BCUT2D eigenvalue weighted by atomic mass is 16.5. The third-order valence-electron chi connectivity index (χ3n) is 6.06. The van der Waals surface area contributed by atoms with Gasteiger partial charge in [-0.1, -0.05) is 0 Å². The van der Waals surface area contributed by atoms with Gasteiger partial charge in [0.1, 0.15) is 0 Å². The van der Waals surface area contributed by atoms with Crippen molar-refractivity contribution in [3.63, 3.8) is 0 Å². The van der Waals surface area contributed by atoms with Crippen LogP contribution in [0.25, 0.3) is 0 Å². The fourth-order valence-electron chi connectivity index (χ4n) is 4.36. The standard InChI is InChI=1S/C20H34N4O2/c1-14-12-23(13-15(2)26-14)19-6-9-22(10-7-19)20(25)8-11-24-18(5)16(3)17(4)21-24/h14-15,19H,6-13H2,1-5H3/t14-,15+. The molecule has 0 unspecified atom stereocenters. The minimum Gasteiger partial charge on any atom is -0.373 e. The molecular formula is C20H34N4O2. The highest BCUT2D eigenvalue weighted by Crippen LogP contribution is 2.22. The Bertz CT molecular complexity index is 624. The van der Waals surface area contributed by atoms with Crippen molar-refractivity contribution in [1.82, 2.24) is 19.6 Å². The van der Waals surface area contributed by atoms with Crippen molar-refractivity contribution in [3.05, 3.63) is 17.0 Å². The van der Waals surface area contributed by atoms with Crippen LogP contribution in [0.3, 0.4) is 0 Å². The first kappa shape index (κ1) is 19.4. The molecule has 0 saturated carbocycles. The second-order valence-electron chi connectivity index (χ2n) is 8.09. The summed E-state index contributed by atoms with van der Waals surface area (Å²) in [6, 6.07) is 0.589. The van der Waals surface area contributed by atoms with E-state index in [1.165, 1.54) is 11.3 Å². The van der Waals surface area contributed by atoms with E-state index in [1.807, 2.05) is 16.5 Å². The van der Waals surface area contributed by atoms with E-state index in [0.717, 1.165) is 44.7 Å². The van der Waals surface area contributed by atoms with Gasteiger partial charge < -0.3 is 9.64 Å². The summed E-state index contributed by atoms with van der Waals surface area (Å²) in [4.78, 5) is 17.2. The molecule has 1 aromatic rings. The SMILES string of the molecule is Cc1nn(CCC(=O)N2CCC(N3C[C@@H](C)O[C@@H](C)C3)CC2)c(C)c1C. The predicted octanol–water partition coefficient (Wildman–Crippen LogP) is 2.30. The van der Waals surface area contributed by atoms with Crippen LogP contribution < -0.4 is 0 Å². The smallest absolute Gasteiger partial charge is 0.224 e. The third kappa shape index (κ3) is 4.29. The molecule has 0 aromatic carbocycles. The van der Waals surface area contributed by atoms with Crippen LogP contribution in [0, 0.1) is 20.8 Å². The number of aromatic nitrogens is 2. The van der Waals surface area contributed by atoms with Crippen LogP contribution in [0.2, 0.25) is 0 Å². The molecule has 0 aliphatic carbocycles. The van der Waals surface area contributed by atoms with E-state index in [0.29, 0.717) is 31.2 Å². The molecule has 1 aromatic heterocycles. The van der Waals surface area contributed by atoms with Gasteiger partial charge in [-0.25, -0.2) is 0 Å². The molecule has 3 rings (SSSR count). The van der Waals surface area contributed by atoms with Gasteiger partial charge in [0, 0.05) is 50.9 Å².